The van der Waals surface area contributed by atoms with Gasteiger partial charge in [-0.1, -0.05) is 6.07 Å². The number of aromatic nitrogens is 2. The molecule has 0 aliphatic rings. The van der Waals surface area contributed by atoms with Gasteiger partial charge in [-0.3, -0.25) is 4.57 Å². The first-order valence-corrected chi connectivity index (χ1v) is 6.47. The molecule has 0 radical (unpaired) electrons. The Morgan fingerprint density at radius 1 is 1.56 bits per heavy atom. The second-order valence-corrected chi connectivity index (χ2v) is 4.79. The molecule has 1 heterocycles. The maximum absolute atomic E-state index is 11.6. The van der Waals surface area contributed by atoms with E-state index in [1.165, 1.54) is 6.33 Å². The van der Waals surface area contributed by atoms with E-state index in [0.717, 1.165) is 9.26 Å². The second kappa shape index (κ2) is 5.38. The minimum atomic E-state index is -0.501. The lowest BCUT2D eigenvalue weighted by atomic mass is 10.3. The van der Waals surface area contributed by atoms with Crippen molar-refractivity contribution in [2.45, 2.75) is 6.92 Å². The van der Waals surface area contributed by atoms with Crippen molar-refractivity contribution in [1.29, 1.82) is 0 Å². The maximum Gasteiger partial charge on any atom is 0.360 e. The van der Waals surface area contributed by atoms with E-state index in [-0.39, 0.29) is 11.5 Å². The van der Waals surface area contributed by atoms with Crippen molar-refractivity contribution in [3.63, 3.8) is 0 Å². The number of nitrogens with two attached hydrogens (primary N) is 1. The van der Waals surface area contributed by atoms with Crippen molar-refractivity contribution in [2.24, 2.45) is 0 Å². The average molecular weight is 357 g/mol. The molecule has 0 aliphatic carbocycles. The minimum absolute atomic E-state index is 0.149. The van der Waals surface area contributed by atoms with E-state index in [2.05, 4.69) is 27.6 Å². The van der Waals surface area contributed by atoms with E-state index in [9.17, 15) is 4.79 Å². The molecule has 0 amide bonds. The van der Waals surface area contributed by atoms with Gasteiger partial charge in [0, 0.05) is 9.26 Å². The summed E-state index contributed by atoms with van der Waals surface area (Å²) in [5.41, 5.74) is 6.93. The van der Waals surface area contributed by atoms with Crippen LogP contribution in [0.1, 0.15) is 17.4 Å². The quantitative estimate of drug-likeness (QED) is 0.676. The Hall–Kier alpha value is -1.57. The van der Waals surface area contributed by atoms with Crippen LogP contribution in [0.15, 0.2) is 30.6 Å². The van der Waals surface area contributed by atoms with Crippen molar-refractivity contribution in [2.75, 3.05) is 12.3 Å². The van der Waals surface area contributed by atoms with Gasteiger partial charge in [-0.05, 0) is 47.7 Å². The molecule has 6 heteroatoms. The number of carbonyl (C=O) groups excluding carboxylic acids is 1. The van der Waals surface area contributed by atoms with Crippen molar-refractivity contribution >= 4 is 34.4 Å². The number of nitrogens with zero attached hydrogens (tertiary/aromatic N) is 2. The third-order valence-electron chi connectivity index (χ3n) is 2.36. The number of nitrogen functional groups attached to an aromatic ring is 1. The molecule has 2 aromatic rings. The van der Waals surface area contributed by atoms with Crippen molar-refractivity contribution < 1.29 is 9.53 Å². The number of hydrogen-bond acceptors (Lipinski definition) is 4. The van der Waals surface area contributed by atoms with Crippen LogP contribution in [0.2, 0.25) is 0 Å². The molecule has 1 aromatic heterocycles. The largest absolute Gasteiger partial charge is 0.461 e. The highest BCUT2D eigenvalue weighted by Gasteiger charge is 2.17. The number of ether oxygens (including phenoxy) is 1. The summed E-state index contributed by atoms with van der Waals surface area (Å²) in [6, 6.07) is 7.74. The fourth-order valence-electron chi connectivity index (χ4n) is 1.55. The number of rotatable bonds is 3. The van der Waals surface area contributed by atoms with E-state index in [1.807, 2.05) is 24.3 Å². The Bertz CT molecular complexity index is 580. The predicted octanol–water partition coefficient (Wildman–Crippen LogP) is 2.24. The van der Waals surface area contributed by atoms with Crippen molar-refractivity contribution in [1.82, 2.24) is 9.55 Å². The van der Waals surface area contributed by atoms with E-state index in [1.54, 1.807) is 11.5 Å². The first kappa shape index (κ1) is 12.9. The summed E-state index contributed by atoms with van der Waals surface area (Å²) in [6.45, 7) is 2.04. The minimum Gasteiger partial charge on any atom is -0.461 e. The Morgan fingerprint density at radius 3 is 3.00 bits per heavy atom. The number of hydrogen-bond donors (Lipinski definition) is 1. The number of anilines is 1. The van der Waals surface area contributed by atoms with Crippen LogP contribution in [0, 0.1) is 3.57 Å². The monoisotopic (exact) mass is 357 g/mol. The van der Waals surface area contributed by atoms with E-state index >= 15 is 0 Å². The number of halogens is 1. The Morgan fingerprint density at radius 2 is 2.33 bits per heavy atom. The molecule has 0 atom stereocenters. The van der Waals surface area contributed by atoms with Gasteiger partial charge < -0.3 is 10.5 Å². The van der Waals surface area contributed by atoms with Gasteiger partial charge in [-0.2, -0.15) is 0 Å². The Kier molecular flexibility index (Phi) is 3.85. The predicted molar refractivity (Wildman–Crippen MR) is 76.6 cm³/mol. The zero-order valence-corrected chi connectivity index (χ0v) is 11.9. The van der Waals surface area contributed by atoms with Crippen LogP contribution in [0.4, 0.5) is 5.82 Å². The summed E-state index contributed by atoms with van der Waals surface area (Å²) < 4.78 is 7.63. The lowest BCUT2D eigenvalue weighted by Crippen LogP contribution is -2.09. The lowest BCUT2D eigenvalue weighted by molar-refractivity contribution is 0.0521. The maximum atomic E-state index is 11.6. The topological polar surface area (TPSA) is 70.1 Å². The van der Waals surface area contributed by atoms with Crippen LogP contribution in [0.25, 0.3) is 5.69 Å². The van der Waals surface area contributed by atoms with Gasteiger partial charge in [0.05, 0.1) is 6.61 Å². The third-order valence-corrected chi connectivity index (χ3v) is 3.03. The molecule has 0 spiro atoms. The van der Waals surface area contributed by atoms with Gasteiger partial charge >= 0.3 is 5.97 Å². The van der Waals surface area contributed by atoms with E-state index in [4.69, 9.17) is 10.5 Å². The Labute approximate surface area is 118 Å². The molecule has 0 saturated carbocycles. The van der Waals surface area contributed by atoms with Crippen LogP contribution in [-0.4, -0.2) is 22.1 Å². The highest BCUT2D eigenvalue weighted by molar-refractivity contribution is 14.1. The lowest BCUT2D eigenvalue weighted by Gasteiger charge is -2.05. The van der Waals surface area contributed by atoms with Crippen LogP contribution >= 0.6 is 22.6 Å². The summed E-state index contributed by atoms with van der Waals surface area (Å²) in [5, 5.41) is 0. The molecule has 0 unspecified atom stereocenters. The van der Waals surface area contributed by atoms with E-state index in [0.29, 0.717) is 6.61 Å². The average Bonchev–Trinajstić information content (AvgIpc) is 2.71. The second-order valence-electron chi connectivity index (χ2n) is 3.55. The van der Waals surface area contributed by atoms with Crippen LogP contribution in [0.3, 0.4) is 0 Å². The molecule has 94 valence electrons. The highest BCUT2D eigenvalue weighted by atomic mass is 127. The first-order chi connectivity index (χ1) is 8.63. The fraction of sp³-hybridized carbons (Fsp3) is 0.167. The van der Waals surface area contributed by atoms with Gasteiger partial charge in [0.1, 0.15) is 12.1 Å². The fourth-order valence-corrected chi connectivity index (χ4v) is 2.07. The number of benzene rings is 1. The van der Waals surface area contributed by atoms with Crippen LogP contribution in [0.5, 0.6) is 0 Å². The van der Waals surface area contributed by atoms with Crippen LogP contribution in [-0.2, 0) is 4.74 Å². The van der Waals surface area contributed by atoms with Crippen molar-refractivity contribution in [3.8, 4) is 5.69 Å². The molecular weight excluding hydrogens is 345 g/mol. The Balaban J connectivity index is 2.39. The zero-order chi connectivity index (χ0) is 13.1. The third kappa shape index (κ3) is 2.47. The summed E-state index contributed by atoms with van der Waals surface area (Å²) >= 11 is 2.21. The molecule has 5 nitrogen and oxygen atoms in total. The molecular formula is C12H12IN3O2. The molecule has 0 saturated heterocycles. The number of esters is 1. The van der Waals surface area contributed by atoms with Crippen LogP contribution < -0.4 is 5.73 Å². The molecule has 1 aromatic carbocycles. The molecule has 0 fully saturated rings. The van der Waals surface area contributed by atoms with Gasteiger partial charge in [-0.25, -0.2) is 9.78 Å². The molecule has 2 N–H and O–H groups in total. The summed E-state index contributed by atoms with van der Waals surface area (Å²) in [7, 11) is 0. The summed E-state index contributed by atoms with van der Waals surface area (Å²) in [5.74, 6) is -0.213. The first-order valence-electron chi connectivity index (χ1n) is 5.39. The summed E-state index contributed by atoms with van der Waals surface area (Å²) in [4.78, 5) is 15.6. The van der Waals surface area contributed by atoms with Gasteiger partial charge in [0.2, 0.25) is 0 Å². The molecule has 2 rings (SSSR count). The molecule has 18 heavy (non-hydrogen) atoms. The molecule has 0 aliphatic heterocycles. The van der Waals surface area contributed by atoms with Gasteiger partial charge in [-0.15, -0.1) is 0 Å². The smallest absolute Gasteiger partial charge is 0.360 e. The van der Waals surface area contributed by atoms with Gasteiger partial charge in [0.15, 0.2) is 5.69 Å². The van der Waals surface area contributed by atoms with E-state index < -0.39 is 5.97 Å². The highest BCUT2D eigenvalue weighted by Crippen LogP contribution is 2.19. The van der Waals surface area contributed by atoms with Gasteiger partial charge in [0.25, 0.3) is 0 Å². The normalized spacial score (nSPS) is 10.3. The molecule has 0 bridgehead atoms. The van der Waals surface area contributed by atoms with Crippen molar-refractivity contribution in [3.05, 3.63) is 39.9 Å². The summed E-state index contributed by atoms with van der Waals surface area (Å²) in [6.07, 6.45) is 1.52. The zero-order valence-electron chi connectivity index (χ0n) is 9.76. The SMILES string of the molecule is CCOC(=O)c1ncn(-c2cccc(I)c2)c1N. The standard InChI is InChI=1S/C12H12IN3O2/c1-2-18-12(17)10-11(14)16(7-15-10)9-5-3-4-8(13)6-9/h3-7H,2,14H2,1H3. The number of imidazole rings is 1. The number of carbonyl (C=O) groups is 1.